The number of halogens is 2. The number of hydrogen-bond acceptors (Lipinski definition) is 6. The summed E-state index contributed by atoms with van der Waals surface area (Å²) in [5.74, 6) is -0.337. The van der Waals surface area contributed by atoms with Crippen molar-refractivity contribution < 1.29 is 19.1 Å². The molecule has 0 radical (unpaired) electrons. The molecular formula is C36H34Cl2N4O4. The standard InChI is InChI=1S/2C18H17ClN2O2/c2*19-13-3-1-2-12(8-13)18(22)21-14-6-4-11(5-7-14)17-16-9-15(23-17)10-20-16/h2*1-8,15-17,20H,9-10H2,(H,21,22)/t2*15-,16-,17+/m10/s1. The number of fused-ring (bicyclic) bond motifs is 4. The van der Waals surface area contributed by atoms with Crippen LogP contribution in [0, 0.1) is 0 Å². The van der Waals surface area contributed by atoms with Gasteiger partial charge in [0.25, 0.3) is 11.8 Å². The van der Waals surface area contributed by atoms with Crippen molar-refractivity contribution >= 4 is 46.4 Å². The Labute approximate surface area is 277 Å². The quantitative estimate of drug-likeness (QED) is 0.182. The predicted molar refractivity (Wildman–Crippen MR) is 180 cm³/mol. The van der Waals surface area contributed by atoms with Crippen molar-refractivity contribution in [3.8, 4) is 0 Å². The van der Waals surface area contributed by atoms with Gasteiger partial charge in [-0.2, -0.15) is 0 Å². The van der Waals surface area contributed by atoms with Gasteiger partial charge in [0.05, 0.1) is 24.4 Å². The molecule has 2 amide bonds. The van der Waals surface area contributed by atoms with E-state index in [9.17, 15) is 9.59 Å². The summed E-state index contributed by atoms with van der Waals surface area (Å²) in [6.45, 7) is 1.91. The summed E-state index contributed by atoms with van der Waals surface area (Å²) in [4.78, 5) is 24.4. The highest BCUT2D eigenvalue weighted by Crippen LogP contribution is 2.38. The lowest BCUT2D eigenvalue weighted by Crippen LogP contribution is -2.33. The number of carbonyl (C=O) groups is 2. The average molecular weight is 658 g/mol. The average Bonchev–Trinajstić information content (AvgIpc) is 3.90. The molecule has 4 fully saturated rings. The number of hydrogen-bond donors (Lipinski definition) is 4. The van der Waals surface area contributed by atoms with Crippen molar-refractivity contribution in [2.75, 3.05) is 23.7 Å². The molecule has 0 aliphatic carbocycles. The number of amides is 2. The van der Waals surface area contributed by atoms with E-state index >= 15 is 0 Å². The van der Waals surface area contributed by atoms with Crippen LogP contribution in [0.1, 0.15) is 56.9 Å². The fraction of sp³-hybridized carbons (Fsp3) is 0.278. The summed E-state index contributed by atoms with van der Waals surface area (Å²) in [6, 6.07) is 30.3. The summed E-state index contributed by atoms with van der Waals surface area (Å²) in [5, 5.41) is 13.8. The molecule has 0 spiro atoms. The predicted octanol–water partition coefficient (Wildman–Crippen LogP) is 6.79. The molecule has 4 heterocycles. The fourth-order valence-electron chi connectivity index (χ4n) is 6.54. The molecule has 8 rings (SSSR count). The van der Waals surface area contributed by atoms with Gasteiger partial charge in [-0.15, -0.1) is 0 Å². The van der Waals surface area contributed by atoms with Gasteiger partial charge < -0.3 is 30.7 Å². The monoisotopic (exact) mass is 656 g/mol. The lowest BCUT2D eigenvalue weighted by molar-refractivity contribution is 0.0159. The van der Waals surface area contributed by atoms with Crippen LogP contribution >= 0.6 is 23.2 Å². The molecule has 10 heteroatoms. The normalized spacial score (nSPS) is 25.5. The third kappa shape index (κ3) is 6.98. The van der Waals surface area contributed by atoms with Crippen molar-refractivity contribution in [2.45, 2.75) is 49.3 Å². The molecule has 46 heavy (non-hydrogen) atoms. The second kappa shape index (κ2) is 13.5. The molecule has 4 aliphatic heterocycles. The first-order chi connectivity index (χ1) is 22.4. The van der Waals surface area contributed by atoms with Crippen molar-refractivity contribution in [2.24, 2.45) is 0 Å². The van der Waals surface area contributed by atoms with E-state index in [0.717, 1.165) is 48.4 Å². The molecule has 4 bridgehead atoms. The molecule has 0 unspecified atom stereocenters. The Morgan fingerprint density at radius 1 is 0.609 bits per heavy atom. The molecule has 4 aromatic rings. The first-order valence-electron chi connectivity index (χ1n) is 15.5. The highest BCUT2D eigenvalue weighted by molar-refractivity contribution is 6.31. The van der Waals surface area contributed by atoms with Gasteiger partial charge in [0, 0.05) is 57.7 Å². The number of anilines is 2. The van der Waals surface area contributed by atoms with Gasteiger partial charge >= 0.3 is 0 Å². The number of ether oxygens (including phenoxy) is 2. The SMILES string of the molecule is O=C(Nc1ccc([C@@H]2O[C@H]3CN[C@@H]2C3)cc1)c1cccc(Cl)c1.O=C(Nc1ccc([C@H]2O[C@@H]3CN[C@H]2C3)cc1)c1cccc(Cl)c1. The highest BCUT2D eigenvalue weighted by Gasteiger charge is 2.42. The lowest BCUT2D eigenvalue weighted by Gasteiger charge is -2.23. The third-order valence-electron chi connectivity index (χ3n) is 8.83. The van der Waals surface area contributed by atoms with Gasteiger partial charge in [-0.3, -0.25) is 9.59 Å². The van der Waals surface area contributed by atoms with Crippen LogP contribution in [0.2, 0.25) is 10.0 Å². The van der Waals surface area contributed by atoms with Gasteiger partial charge in [0.2, 0.25) is 0 Å². The van der Waals surface area contributed by atoms with Crippen LogP contribution in [-0.2, 0) is 9.47 Å². The molecule has 0 saturated carbocycles. The number of morpholine rings is 2. The smallest absolute Gasteiger partial charge is 0.255 e. The van der Waals surface area contributed by atoms with E-state index in [-0.39, 0.29) is 24.0 Å². The molecule has 236 valence electrons. The summed E-state index contributed by atoms with van der Waals surface area (Å²) in [7, 11) is 0. The Morgan fingerprint density at radius 2 is 1.02 bits per heavy atom. The van der Waals surface area contributed by atoms with Crippen molar-refractivity contribution in [1.82, 2.24) is 10.6 Å². The molecule has 0 aromatic heterocycles. The van der Waals surface area contributed by atoms with Crippen LogP contribution in [0.4, 0.5) is 11.4 Å². The van der Waals surface area contributed by atoms with E-state index in [1.165, 1.54) is 0 Å². The first kappa shape index (κ1) is 30.9. The topological polar surface area (TPSA) is 101 Å². The Bertz CT molecular complexity index is 1590. The Hall–Kier alpha value is -3.76. The number of benzene rings is 4. The fourth-order valence-corrected chi connectivity index (χ4v) is 6.92. The number of carbonyl (C=O) groups excluding carboxylic acids is 2. The minimum Gasteiger partial charge on any atom is -0.367 e. The molecule has 4 N–H and O–H groups in total. The molecule has 6 atom stereocenters. The molecule has 4 aromatic carbocycles. The van der Waals surface area contributed by atoms with E-state index < -0.39 is 0 Å². The molecule has 8 nitrogen and oxygen atoms in total. The minimum atomic E-state index is -0.168. The summed E-state index contributed by atoms with van der Waals surface area (Å²) < 4.78 is 12.0. The van der Waals surface area contributed by atoms with Gasteiger partial charge in [0.1, 0.15) is 0 Å². The zero-order valence-corrected chi connectivity index (χ0v) is 26.4. The van der Waals surface area contributed by atoms with Crippen LogP contribution in [0.5, 0.6) is 0 Å². The highest BCUT2D eigenvalue weighted by atomic mass is 35.5. The Balaban J connectivity index is 0.000000147. The third-order valence-corrected chi connectivity index (χ3v) is 9.30. The van der Waals surface area contributed by atoms with E-state index in [1.807, 2.05) is 48.5 Å². The van der Waals surface area contributed by atoms with Gasteiger partial charge in [-0.05, 0) is 84.6 Å². The second-order valence-corrected chi connectivity index (χ2v) is 12.9. The van der Waals surface area contributed by atoms with Crippen molar-refractivity contribution in [1.29, 1.82) is 0 Å². The zero-order valence-electron chi connectivity index (χ0n) is 24.9. The van der Waals surface area contributed by atoms with Gasteiger partial charge in [-0.25, -0.2) is 0 Å². The number of rotatable bonds is 6. The van der Waals surface area contributed by atoms with E-state index in [0.29, 0.717) is 45.5 Å². The first-order valence-corrected chi connectivity index (χ1v) is 16.2. The zero-order chi connectivity index (χ0) is 31.6. The van der Waals surface area contributed by atoms with Gasteiger partial charge in [0.15, 0.2) is 0 Å². The molecular weight excluding hydrogens is 623 g/mol. The number of nitrogens with one attached hydrogen (secondary N) is 4. The van der Waals surface area contributed by atoms with E-state index in [1.54, 1.807) is 48.5 Å². The summed E-state index contributed by atoms with van der Waals surface area (Å²) >= 11 is 11.8. The van der Waals surface area contributed by atoms with Crippen LogP contribution < -0.4 is 21.3 Å². The summed E-state index contributed by atoms with van der Waals surface area (Å²) in [6.07, 6.45) is 3.08. The van der Waals surface area contributed by atoms with Crippen LogP contribution in [0.25, 0.3) is 0 Å². The minimum absolute atomic E-state index is 0.117. The van der Waals surface area contributed by atoms with E-state index in [4.69, 9.17) is 32.7 Å². The maximum Gasteiger partial charge on any atom is 0.255 e. The maximum absolute atomic E-state index is 12.2. The van der Waals surface area contributed by atoms with Crippen molar-refractivity contribution in [3.05, 3.63) is 129 Å². The van der Waals surface area contributed by atoms with Crippen LogP contribution in [0.3, 0.4) is 0 Å². The maximum atomic E-state index is 12.2. The summed E-state index contributed by atoms with van der Waals surface area (Å²) in [5.41, 5.74) is 4.89. The van der Waals surface area contributed by atoms with Gasteiger partial charge in [-0.1, -0.05) is 59.6 Å². The second-order valence-electron chi connectivity index (χ2n) is 12.0. The molecule has 4 saturated heterocycles. The Kier molecular flexibility index (Phi) is 9.08. The van der Waals surface area contributed by atoms with Crippen molar-refractivity contribution in [3.63, 3.8) is 0 Å². The molecule has 4 aliphatic rings. The van der Waals surface area contributed by atoms with Crippen LogP contribution in [-0.4, -0.2) is 49.2 Å². The van der Waals surface area contributed by atoms with Crippen LogP contribution in [0.15, 0.2) is 97.1 Å². The lowest BCUT2D eigenvalue weighted by atomic mass is 10.0. The Morgan fingerprint density at radius 3 is 1.35 bits per heavy atom. The van der Waals surface area contributed by atoms with E-state index in [2.05, 4.69) is 21.3 Å². The largest absolute Gasteiger partial charge is 0.367 e.